The minimum Gasteiger partial charge on any atom is -0.334 e. The van der Waals surface area contributed by atoms with Gasteiger partial charge in [0.1, 0.15) is 5.82 Å². The molecule has 17 heavy (non-hydrogen) atoms. The Labute approximate surface area is 99.8 Å². The predicted molar refractivity (Wildman–Crippen MR) is 63.1 cm³/mol. The van der Waals surface area contributed by atoms with E-state index in [2.05, 4.69) is 10.6 Å². The van der Waals surface area contributed by atoms with Gasteiger partial charge in [-0.3, -0.25) is 0 Å². The Morgan fingerprint density at radius 3 is 2.59 bits per heavy atom. The zero-order chi connectivity index (χ0) is 12.1. The highest BCUT2D eigenvalue weighted by molar-refractivity contribution is 5.74. The van der Waals surface area contributed by atoms with Crippen molar-refractivity contribution >= 4 is 6.03 Å². The van der Waals surface area contributed by atoms with E-state index in [-0.39, 0.29) is 11.8 Å². The zero-order valence-corrected chi connectivity index (χ0v) is 9.58. The van der Waals surface area contributed by atoms with Gasteiger partial charge in [0, 0.05) is 32.7 Å². The second-order valence-electron chi connectivity index (χ2n) is 4.02. The van der Waals surface area contributed by atoms with E-state index in [1.54, 1.807) is 17.0 Å². The lowest BCUT2D eigenvalue weighted by Gasteiger charge is -2.27. The normalized spacial score (nSPS) is 15.7. The van der Waals surface area contributed by atoms with Crippen LogP contribution in [0, 0.1) is 5.82 Å². The van der Waals surface area contributed by atoms with Gasteiger partial charge >= 0.3 is 6.03 Å². The van der Waals surface area contributed by atoms with Crippen molar-refractivity contribution in [1.29, 1.82) is 0 Å². The highest BCUT2D eigenvalue weighted by Crippen LogP contribution is 2.02. The molecule has 2 rings (SSSR count). The minimum absolute atomic E-state index is 0.0594. The number of carbonyl (C=O) groups is 1. The fraction of sp³-hybridized carbons (Fsp3) is 0.417. The van der Waals surface area contributed by atoms with Gasteiger partial charge in [0.15, 0.2) is 0 Å². The topological polar surface area (TPSA) is 44.4 Å². The molecule has 0 atom stereocenters. The summed E-state index contributed by atoms with van der Waals surface area (Å²) in [7, 11) is 0. The molecule has 1 aromatic rings. The largest absolute Gasteiger partial charge is 0.334 e. The molecular formula is C12H16FN3O. The number of hydrogen-bond donors (Lipinski definition) is 2. The van der Waals surface area contributed by atoms with Crippen LogP contribution in [0.15, 0.2) is 24.3 Å². The average molecular weight is 237 g/mol. The van der Waals surface area contributed by atoms with Crippen molar-refractivity contribution in [3.8, 4) is 0 Å². The van der Waals surface area contributed by atoms with Gasteiger partial charge in [-0.2, -0.15) is 0 Å². The number of carbonyl (C=O) groups excluding carboxylic acids is 1. The van der Waals surface area contributed by atoms with Gasteiger partial charge in [0.25, 0.3) is 0 Å². The van der Waals surface area contributed by atoms with Gasteiger partial charge in [-0.25, -0.2) is 9.18 Å². The van der Waals surface area contributed by atoms with Gasteiger partial charge in [0.2, 0.25) is 0 Å². The summed E-state index contributed by atoms with van der Waals surface area (Å²) in [6.07, 6.45) is 0. The van der Waals surface area contributed by atoms with Crippen molar-refractivity contribution in [3.05, 3.63) is 35.6 Å². The van der Waals surface area contributed by atoms with Gasteiger partial charge < -0.3 is 15.5 Å². The molecule has 0 bridgehead atoms. The smallest absolute Gasteiger partial charge is 0.317 e. The van der Waals surface area contributed by atoms with E-state index in [4.69, 9.17) is 0 Å². The molecular weight excluding hydrogens is 221 g/mol. The standard InChI is InChI=1S/C12H16FN3O/c13-11-3-1-10(2-4-11)9-15-12(17)16-7-5-14-6-8-16/h1-4,14H,5-9H2,(H,15,17). The Balaban J connectivity index is 1.81. The van der Waals surface area contributed by atoms with Crippen LogP contribution in [-0.2, 0) is 6.54 Å². The van der Waals surface area contributed by atoms with E-state index in [1.165, 1.54) is 12.1 Å². The molecule has 1 aliphatic rings. The summed E-state index contributed by atoms with van der Waals surface area (Å²) in [5, 5.41) is 6.01. The molecule has 92 valence electrons. The van der Waals surface area contributed by atoms with Crippen LogP contribution in [0.1, 0.15) is 5.56 Å². The average Bonchev–Trinajstić information content (AvgIpc) is 2.39. The number of hydrogen-bond acceptors (Lipinski definition) is 2. The number of rotatable bonds is 2. The quantitative estimate of drug-likeness (QED) is 0.804. The van der Waals surface area contributed by atoms with Crippen LogP contribution in [0.4, 0.5) is 9.18 Å². The van der Waals surface area contributed by atoms with E-state index in [9.17, 15) is 9.18 Å². The summed E-state index contributed by atoms with van der Waals surface area (Å²) in [6, 6.07) is 6.08. The first kappa shape index (κ1) is 11.9. The Morgan fingerprint density at radius 2 is 1.94 bits per heavy atom. The molecule has 0 spiro atoms. The first-order valence-electron chi connectivity index (χ1n) is 5.73. The highest BCUT2D eigenvalue weighted by atomic mass is 19.1. The molecule has 0 unspecified atom stereocenters. The number of piperazine rings is 1. The molecule has 1 heterocycles. The number of halogens is 1. The van der Waals surface area contributed by atoms with E-state index < -0.39 is 0 Å². The number of amides is 2. The van der Waals surface area contributed by atoms with Gasteiger partial charge in [-0.05, 0) is 17.7 Å². The lowest BCUT2D eigenvalue weighted by Crippen LogP contribution is -2.50. The van der Waals surface area contributed by atoms with Crippen molar-refractivity contribution in [2.24, 2.45) is 0 Å². The van der Waals surface area contributed by atoms with Crippen molar-refractivity contribution in [2.45, 2.75) is 6.54 Å². The molecule has 1 fully saturated rings. The Hall–Kier alpha value is -1.62. The fourth-order valence-corrected chi connectivity index (χ4v) is 1.76. The fourth-order valence-electron chi connectivity index (χ4n) is 1.76. The van der Waals surface area contributed by atoms with Crippen LogP contribution in [0.2, 0.25) is 0 Å². The van der Waals surface area contributed by atoms with Crippen molar-refractivity contribution in [1.82, 2.24) is 15.5 Å². The van der Waals surface area contributed by atoms with Gasteiger partial charge in [-0.15, -0.1) is 0 Å². The lowest BCUT2D eigenvalue weighted by atomic mass is 10.2. The van der Waals surface area contributed by atoms with Crippen molar-refractivity contribution in [3.63, 3.8) is 0 Å². The number of nitrogens with one attached hydrogen (secondary N) is 2. The van der Waals surface area contributed by atoms with E-state index >= 15 is 0 Å². The molecule has 1 aromatic carbocycles. The van der Waals surface area contributed by atoms with Gasteiger partial charge in [0.05, 0.1) is 0 Å². The molecule has 4 nitrogen and oxygen atoms in total. The molecule has 2 amide bonds. The highest BCUT2D eigenvalue weighted by Gasteiger charge is 2.15. The summed E-state index contributed by atoms with van der Waals surface area (Å²) in [5.74, 6) is -0.262. The van der Waals surface area contributed by atoms with Crippen LogP contribution in [0.5, 0.6) is 0 Å². The molecule has 0 saturated carbocycles. The SMILES string of the molecule is O=C(NCc1ccc(F)cc1)N1CCNCC1. The summed E-state index contributed by atoms with van der Waals surface area (Å²) in [4.78, 5) is 13.5. The number of benzene rings is 1. The Morgan fingerprint density at radius 1 is 1.29 bits per heavy atom. The van der Waals surface area contributed by atoms with Crippen LogP contribution in [-0.4, -0.2) is 37.1 Å². The summed E-state index contributed by atoms with van der Waals surface area (Å²) < 4.78 is 12.7. The maximum absolute atomic E-state index is 12.7. The molecule has 1 saturated heterocycles. The molecule has 2 N–H and O–H groups in total. The third-order valence-electron chi connectivity index (χ3n) is 2.76. The zero-order valence-electron chi connectivity index (χ0n) is 9.58. The predicted octanol–water partition coefficient (Wildman–Crippen LogP) is 0.941. The maximum Gasteiger partial charge on any atom is 0.317 e. The van der Waals surface area contributed by atoms with Crippen molar-refractivity contribution in [2.75, 3.05) is 26.2 Å². The summed E-state index contributed by atoms with van der Waals surface area (Å²) in [6.45, 7) is 3.57. The van der Waals surface area contributed by atoms with Gasteiger partial charge in [-0.1, -0.05) is 12.1 Å². The molecule has 0 aliphatic carbocycles. The summed E-state index contributed by atoms with van der Waals surface area (Å²) >= 11 is 0. The minimum atomic E-state index is -0.262. The monoisotopic (exact) mass is 237 g/mol. The van der Waals surface area contributed by atoms with Crippen LogP contribution in [0.25, 0.3) is 0 Å². The number of urea groups is 1. The van der Waals surface area contributed by atoms with E-state index in [0.717, 1.165) is 31.7 Å². The van der Waals surface area contributed by atoms with Crippen LogP contribution < -0.4 is 10.6 Å². The van der Waals surface area contributed by atoms with Crippen molar-refractivity contribution < 1.29 is 9.18 Å². The van der Waals surface area contributed by atoms with E-state index in [1.807, 2.05) is 0 Å². The Kier molecular flexibility index (Phi) is 3.93. The summed E-state index contributed by atoms with van der Waals surface area (Å²) in [5.41, 5.74) is 0.898. The van der Waals surface area contributed by atoms with E-state index in [0.29, 0.717) is 6.54 Å². The molecule has 5 heteroatoms. The first-order valence-corrected chi connectivity index (χ1v) is 5.73. The maximum atomic E-state index is 12.7. The van der Waals surface area contributed by atoms with Crippen LogP contribution in [0.3, 0.4) is 0 Å². The first-order chi connectivity index (χ1) is 8.25. The third-order valence-corrected chi connectivity index (χ3v) is 2.76. The number of nitrogens with zero attached hydrogens (tertiary/aromatic N) is 1. The Bertz CT molecular complexity index is 374. The third kappa shape index (κ3) is 3.42. The molecule has 1 aliphatic heterocycles. The molecule has 0 radical (unpaired) electrons. The molecule has 0 aromatic heterocycles. The second-order valence-corrected chi connectivity index (χ2v) is 4.02. The second kappa shape index (κ2) is 5.63. The van der Waals surface area contributed by atoms with Crippen LogP contribution >= 0.6 is 0 Å². The lowest BCUT2D eigenvalue weighted by molar-refractivity contribution is 0.190.